The van der Waals surface area contributed by atoms with Gasteiger partial charge in [0.2, 0.25) is 0 Å². The van der Waals surface area contributed by atoms with Gasteiger partial charge in [0.05, 0.1) is 13.2 Å². The molecule has 0 aliphatic heterocycles. The number of aliphatic hydroxyl groups excluding tert-OH is 2. The minimum atomic E-state index is -0.173. The molecule has 7 nitrogen and oxygen atoms in total. The second-order valence-corrected chi connectivity index (χ2v) is 9.83. The number of carbonyl (C=O) groups is 2. The van der Waals surface area contributed by atoms with Crippen LogP contribution in [-0.4, -0.2) is 61.8 Å². The van der Waals surface area contributed by atoms with Gasteiger partial charge >= 0.3 is 11.9 Å². The van der Waals surface area contributed by atoms with Crippen molar-refractivity contribution in [2.24, 2.45) is 0 Å². The molecule has 0 saturated heterocycles. The monoisotopic (exact) mass is 562 g/mol. The van der Waals surface area contributed by atoms with E-state index in [0.717, 1.165) is 38.9 Å². The highest BCUT2D eigenvalue weighted by Crippen LogP contribution is 2.12. The van der Waals surface area contributed by atoms with Crippen molar-refractivity contribution >= 4 is 11.9 Å². The van der Waals surface area contributed by atoms with Crippen LogP contribution < -0.4 is 0 Å². The van der Waals surface area contributed by atoms with Crippen molar-refractivity contribution in [1.82, 2.24) is 0 Å². The number of hydrogen-bond acceptors (Lipinski definition) is 7. The van der Waals surface area contributed by atoms with Crippen LogP contribution in [0.2, 0.25) is 0 Å². The van der Waals surface area contributed by atoms with Crippen molar-refractivity contribution in [1.29, 1.82) is 0 Å². The van der Waals surface area contributed by atoms with Crippen LogP contribution in [0.15, 0.2) is 0 Å². The van der Waals surface area contributed by atoms with Gasteiger partial charge in [-0.25, -0.2) is 0 Å². The van der Waals surface area contributed by atoms with Crippen LogP contribution in [0.5, 0.6) is 0 Å². The predicted octanol–water partition coefficient (Wildman–Crippen LogP) is 7.93. The lowest BCUT2D eigenvalue weighted by Crippen LogP contribution is -2.13. The van der Waals surface area contributed by atoms with Crippen molar-refractivity contribution in [3.05, 3.63) is 0 Å². The lowest BCUT2D eigenvalue weighted by Gasteiger charge is -2.07. The molecule has 0 aromatic rings. The number of unbranched alkanes of at least 4 members (excludes halogenated alkanes) is 16. The van der Waals surface area contributed by atoms with Crippen molar-refractivity contribution in [3.63, 3.8) is 0 Å². The number of ether oxygens (including phenoxy) is 3. The summed E-state index contributed by atoms with van der Waals surface area (Å²) in [6, 6.07) is 0. The molecule has 0 heterocycles. The molecule has 0 rings (SSSR count). The number of aliphatic hydroxyl groups is 2. The molecule has 0 radical (unpaired) electrons. The number of carbonyl (C=O) groups excluding carboxylic acids is 2. The maximum Gasteiger partial charge on any atom is 0.305 e. The molecule has 0 bridgehead atoms. The lowest BCUT2D eigenvalue weighted by molar-refractivity contribution is -0.152. The highest BCUT2D eigenvalue weighted by Gasteiger charge is 2.05. The smallest absolute Gasteiger partial charge is 0.305 e. The molecule has 0 atom stereocenters. The summed E-state index contributed by atoms with van der Waals surface area (Å²) < 4.78 is 15.1. The first kappa shape index (κ1) is 42.3. The first-order valence-corrected chi connectivity index (χ1v) is 16.1. The van der Waals surface area contributed by atoms with Gasteiger partial charge < -0.3 is 24.4 Å². The Bertz CT molecular complexity index is 418. The number of hydrogen-bond donors (Lipinski definition) is 2. The summed E-state index contributed by atoms with van der Waals surface area (Å²) in [4.78, 5) is 23.4. The number of rotatable bonds is 26. The fraction of sp³-hybridized carbons (Fsp3) is 0.938. The van der Waals surface area contributed by atoms with E-state index in [0.29, 0.717) is 12.8 Å². The van der Waals surface area contributed by atoms with Crippen molar-refractivity contribution in [3.8, 4) is 0 Å². The van der Waals surface area contributed by atoms with E-state index < -0.39 is 0 Å². The Balaban J connectivity index is -0.00000123. The van der Waals surface area contributed by atoms with Gasteiger partial charge in [-0.2, -0.15) is 0 Å². The van der Waals surface area contributed by atoms with Crippen LogP contribution in [0, 0.1) is 0 Å². The minimum absolute atomic E-state index is 0.125. The standard InChI is InChI=1S/C26H50O4.C4H10O.C2H6O2/c1-3-5-7-9-11-13-15-17-19-21-25(27)29-23-24-30-26(28)22-20-18-16-14-12-10-8-6-4-2;1-3-5-4-2;3-1-2-4/h3-24H2,1-2H3;3-4H2,1-2H3;3-4H,1-2H2. The molecule has 0 aromatic heterocycles. The molecular formula is C32H66O7. The average molecular weight is 563 g/mol. The molecule has 0 spiro atoms. The topological polar surface area (TPSA) is 102 Å². The quantitative estimate of drug-likeness (QED) is 0.0815. The van der Waals surface area contributed by atoms with E-state index in [9.17, 15) is 9.59 Å². The molecule has 39 heavy (non-hydrogen) atoms. The van der Waals surface area contributed by atoms with Crippen molar-refractivity contribution < 1.29 is 34.0 Å². The molecule has 0 aromatic carbocycles. The minimum Gasteiger partial charge on any atom is -0.462 e. The lowest BCUT2D eigenvalue weighted by atomic mass is 10.1. The maximum absolute atomic E-state index is 11.7. The highest BCUT2D eigenvalue weighted by molar-refractivity contribution is 5.70. The molecular weight excluding hydrogens is 496 g/mol. The second-order valence-electron chi connectivity index (χ2n) is 9.83. The summed E-state index contributed by atoms with van der Waals surface area (Å²) in [7, 11) is 0. The zero-order chi connectivity index (χ0) is 29.7. The van der Waals surface area contributed by atoms with Crippen LogP contribution >= 0.6 is 0 Å². The fourth-order valence-electron chi connectivity index (χ4n) is 3.82. The number of esters is 2. The molecule has 0 unspecified atom stereocenters. The van der Waals surface area contributed by atoms with Crippen LogP contribution in [0.25, 0.3) is 0 Å². The van der Waals surface area contributed by atoms with Crippen LogP contribution in [0.3, 0.4) is 0 Å². The molecule has 236 valence electrons. The Morgan fingerprint density at radius 1 is 0.462 bits per heavy atom. The Hall–Kier alpha value is -1.18. The molecule has 0 fully saturated rings. The summed E-state index contributed by atoms with van der Waals surface area (Å²) in [5.74, 6) is -0.346. The molecule has 0 saturated carbocycles. The third-order valence-corrected chi connectivity index (χ3v) is 6.09. The Kier molecular flexibility index (Phi) is 44.8. The van der Waals surface area contributed by atoms with Gasteiger partial charge in [-0.05, 0) is 26.7 Å². The Morgan fingerprint density at radius 3 is 0.974 bits per heavy atom. The summed E-state index contributed by atoms with van der Waals surface area (Å²) in [6.07, 6.45) is 23.2. The van der Waals surface area contributed by atoms with E-state index in [1.54, 1.807) is 0 Å². The third kappa shape index (κ3) is 47.0. The molecule has 2 N–H and O–H groups in total. The zero-order valence-electron chi connectivity index (χ0n) is 26.3. The zero-order valence-corrected chi connectivity index (χ0v) is 26.3. The fourth-order valence-corrected chi connectivity index (χ4v) is 3.82. The van der Waals surface area contributed by atoms with Crippen LogP contribution in [0.1, 0.15) is 156 Å². The first-order valence-electron chi connectivity index (χ1n) is 16.1. The van der Waals surface area contributed by atoms with Gasteiger partial charge in [-0.15, -0.1) is 0 Å². The van der Waals surface area contributed by atoms with Crippen LogP contribution in [0.4, 0.5) is 0 Å². The Labute approximate surface area is 241 Å². The predicted molar refractivity (Wildman–Crippen MR) is 162 cm³/mol. The largest absolute Gasteiger partial charge is 0.462 e. The van der Waals surface area contributed by atoms with Gasteiger partial charge in [0, 0.05) is 26.1 Å². The van der Waals surface area contributed by atoms with Gasteiger partial charge in [-0.3, -0.25) is 9.59 Å². The van der Waals surface area contributed by atoms with E-state index >= 15 is 0 Å². The van der Waals surface area contributed by atoms with Crippen molar-refractivity contribution in [2.45, 2.75) is 156 Å². The summed E-state index contributed by atoms with van der Waals surface area (Å²) in [6.45, 7) is 10.3. The average Bonchev–Trinajstić information content (AvgIpc) is 2.94. The normalized spacial score (nSPS) is 10.2. The van der Waals surface area contributed by atoms with Gasteiger partial charge in [0.25, 0.3) is 0 Å². The summed E-state index contributed by atoms with van der Waals surface area (Å²) >= 11 is 0. The first-order chi connectivity index (χ1) is 19.0. The van der Waals surface area contributed by atoms with E-state index in [-0.39, 0.29) is 38.4 Å². The second kappa shape index (κ2) is 41.3. The summed E-state index contributed by atoms with van der Waals surface area (Å²) in [5, 5.41) is 15.2. The van der Waals surface area contributed by atoms with Crippen molar-refractivity contribution in [2.75, 3.05) is 39.6 Å². The van der Waals surface area contributed by atoms with E-state index in [2.05, 4.69) is 13.8 Å². The summed E-state index contributed by atoms with van der Waals surface area (Å²) in [5.41, 5.74) is 0. The van der Waals surface area contributed by atoms with Gasteiger partial charge in [-0.1, -0.05) is 117 Å². The SMILES string of the molecule is CCCCCCCCCCCC(=O)OCCOC(=O)CCCCCCCCCCC.CCOCC.OCCO. The molecule has 7 heteroatoms. The highest BCUT2D eigenvalue weighted by atomic mass is 16.6. The van der Waals surface area contributed by atoms with E-state index in [1.165, 1.54) is 89.9 Å². The van der Waals surface area contributed by atoms with E-state index in [1.807, 2.05) is 13.8 Å². The molecule has 0 aliphatic carbocycles. The van der Waals surface area contributed by atoms with E-state index in [4.69, 9.17) is 24.4 Å². The Morgan fingerprint density at radius 2 is 0.744 bits per heavy atom. The third-order valence-electron chi connectivity index (χ3n) is 6.09. The van der Waals surface area contributed by atoms with Gasteiger partial charge in [0.1, 0.15) is 13.2 Å². The van der Waals surface area contributed by atoms with Gasteiger partial charge in [0.15, 0.2) is 0 Å². The van der Waals surface area contributed by atoms with Crippen LogP contribution in [-0.2, 0) is 23.8 Å². The molecule has 0 amide bonds. The maximum atomic E-state index is 11.7. The molecule has 0 aliphatic rings.